The summed E-state index contributed by atoms with van der Waals surface area (Å²) in [4.78, 5) is 43.1. The Morgan fingerprint density at radius 2 is 1.90 bits per heavy atom. The molecule has 212 valence electrons. The predicted octanol–water partition coefficient (Wildman–Crippen LogP) is 4.49. The first-order valence-electron chi connectivity index (χ1n) is 14.1. The van der Waals surface area contributed by atoms with Gasteiger partial charge < -0.3 is 29.7 Å². The van der Waals surface area contributed by atoms with E-state index in [1.165, 1.54) is 0 Å². The van der Waals surface area contributed by atoms with E-state index in [0.717, 1.165) is 61.9 Å². The SMILES string of the molecule is CN(C)C(=O)c1cc2cnc(Nc3ccc(N4CC5CC5(NC(=O)OC(C)(C)C)C4)cn3)nc2n1C1CCCC1. The number of anilines is 3. The molecule has 0 radical (unpaired) electrons. The topological polar surface area (TPSA) is 118 Å². The smallest absolute Gasteiger partial charge is 0.408 e. The number of nitrogens with zero attached hydrogens (tertiary/aromatic N) is 6. The highest BCUT2D eigenvalue weighted by molar-refractivity contribution is 5.98. The Hall–Kier alpha value is -3.89. The van der Waals surface area contributed by atoms with Crippen LogP contribution in [-0.2, 0) is 4.74 Å². The predicted molar refractivity (Wildman–Crippen MR) is 153 cm³/mol. The van der Waals surface area contributed by atoms with Gasteiger partial charge in [0.1, 0.15) is 22.8 Å². The molecule has 3 aromatic rings. The summed E-state index contributed by atoms with van der Waals surface area (Å²) in [6, 6.07) is 6.10. The Labute approximate surface area is 234 Å². The molecule has 2 amide bonds. The molecule has 3 fully saturated rings. The molecule has 1 saturated heterocycles. The molecule has 11 nitrogen and oxygen atoms in total. The van der Waals surface area contributed by atoms with E-state index in [1.807, 2.05) is 45.2 Å². The van der Waals surface area contributed by atoms with E-state index in [1.54, 1.807) is 25.2 Å². The average Bonchev–Trinajstić information content (AvgIpc) is 3.30. The molecule has 2 N–H and O–H groups in total. The molecular formula is C29H38N8O3. The van der Waals surface area contributed by atoms with Gasteiger partial charge in [-0.15, -0.1) is 0 Å². The Balaban J connectivity index is 1.16. The number of aromatic nitrogens is 4. The number of rotatable bonds is 6. The maximum absolute atomic E-state index is 13.0. The second-order valence-electron chi connectivity index (χ2n) is 12.6. The van der Waals surface area contributed by atoms with Gasteiger partial charge in [-0.3, -0.25) is 4.79 Å². The average molecular weight is 547 g/mol. The van der Waals surface area contributed by atoms with Gasteiger partial charge in [-0.2, -0.15) is 4.98 Å². The second-order valence-corrected chi connectivity index (χ2v) is 12.6. The molecule has 0 bridgehead atoms. The number of hydrogen-bond donors (Lipinski definition) is 2. The number of hydrogen-bond acceptors (Lipinski definition) is 8. The van der Waals surface area contributed by atoms with Crippen LogP contribution in [0.1, 0.15) is 69.4 Å². The number of carbonyl (C=O) groups excluding carboxylic acids is 2. The number of ether oxygens (including phenoxy) is 1. The number of amides is 2. The van der Waals surface area contributed by atoms with Crippen LogP contribution in [-0.4, -0.2) is 74.7 Å². The zero-order valence-corrected chi connectivity index (χ0v) is 23.9. The summed E-state index contributed by atoms with van der Waals surface area (Å²) in [5, 5.41) is 7.19. The minimum atomic E-state index is -0.518. The molecule has 2 aliphatic carbocycles. The van der Waals surface area contributed by atoms with Gasteiger partial charge in [0, 0.05) is 50.7 Å². The van der Waals surface area contributed by atoms with Gasteiger partial charge in [0.05, 0.1) is 17.4 Å². The van der Waals surface area contributed by atoms with Crippen LogP contribution in [0.3, 0.4) is 0 Å². The second kappa shape index (κ2) is 9.64. The lowest BCUT2D eigenvalue weighted by Gasteiger charge is -2.25. The lowest BCUT2D eigenvalue weighted by molar-refractivity contribution is 0.0498. The fraction of sp³-hybridized carbons (Fsp3) is 0.552. The number of pyridine rings is 1. The summed E-state index contributed by atoms with van der Waals surface area (Å²) < 4.78 is 7.57. The summed E-state index contributed by atoms with van der Waals surface area (Å²) in [6.45, 7) is 7.22. The first-order chi connectivity index (χ1) is 19.0. The third kappa shape index (κ3) is 5.04. The summed E-state index contributed by atoms with van der Waals surface area (Å²) in [5.41, 5.74) is 1.69. The van der Waals surface area contributed by atoms with Crippen LogP contribution in [0.15, 0.2) is 30.6 Å². The summed E-state index contributed by atoms with van der Waals surface area (Å²) in [5.74, 6) is 1.46. The Bertz CT molecular complexity index is 1440. The highest BCUT2D eigenvalue weighted by Crippen LogP contribution is 2.50. The molecule has 2 unspecified atom stereocenters. The van der Waals surface area contributed by atoms with Crippen molar-refractivity contribution in [3.63, 3.8) is 0 Å². The Morgan fingerprint density at radius 3 is 2.58 bits per heavy atom. The minimum Gasteiger partial charge on any atom is -0.444 e. The maximum Gasteiger partial charge on any atom is 0.408 e. The van der Waals surface area contributed by atoms with Crippen LogP contribution in [0.2, 0.25) is 0 Å². The van der Waals surface area contributed by atoms with Crippen LogP contribution < -0.4 is 15.5 Å². The van der Waals surface area contributed by atoms with Crippen molar-refractivity contribution in [2.24, 2.45) is 5.92 Å². The van der Waals surface area contributed by atoms with E-state index >= 15 is 0 Å². The highest BCUT2D eigenvalue weighted by Gasteiger charge is 2.61. The van der Waals surface area contributed by atoms with Crippen molar-refractivity contribution in [2.75, 3.05) is 37.4 Å². The molecule has 3 aromatic heterocycles. The van der Waals surface area contributed by atoms with E-state index in [4.69, 9.17) is 9.72 Å². The Morgan fingerprint density at radius 1 is 1.12 bits per heavy atom. The fourth-order valence-electron chi connectivity index (χ4n) is 6.14. The van der Waals surface area contributed by atoms with Crippen molar-refractivity contribution in [1.82, 2.24) is 29.7 Å². The van der Waals surface area contributed by atoms with E-state index < -0.39 is 5.60 Å². The molecule has 1 aliphatic heterocycles. The van der Waals surface area contributed by atoms with Crippen molar-refractivity contribution < 1.29 is 14.3 Å². The molecule has 40 heavy (non-hydrogen) atoms. The Kier molecular flexibility index (Phi) is 6.35. The molecule has 2 atom stereocenters. The van der Waals surface area contributed by atoms with Gasteiger partial charge in [-0.05, 0) is 58.2 Å². The van der Waals surface area contributed by atoms with Crippen molar-refractivity contribution in [3.05, 3.63) is 36.3 Å². The van der Waals surface area contributed by atoms with Crippen LogP contribution in [0, 0.1) is 5.92 Å². The third-order valence-electron chi connectivity index (χ3n) is 8.14. The monoisotopic (exact) mass is 546 g/mol. The van der Waals surface area contributed by atoms with E-state index in [2.05, 4.69) is 30.1 Å². The molecule has 2 saturated carbocycles. The molecule has 4 heterocycles. The zero-order chi connectivity index (χ0) is 28.2. The molecule has 11 heteroatoms. The van der Waals surface area contributed by atoms with Crippen LogP contribution in [0.4, 0.5) is 22.2 Å². The summed E-state index contributed by atoms with van der Waals surface area (Å²) >= 11 is 0. The number of nitrogens with one attached hydrogen (secondary N) is 2. The molecular weight excluding hydrogens is 508 g/mol. The number of fused-ring (bicyclic) bond motifs is 2. The lowest BCUT2D eigenvalue weighted by Crippen LogP contribution is -2.44. The maximum atomic E-state index is 13.0. The minimum absolute atomic E-state index is 0.0284. The van der Waals surface area contributed by atoms with Crippen molar-refractivity contribution in [1.29, 1.82) is 0 Å². The van der Waals surface area contributed by atoms with Gasteiger partial charge in [-0.1, -0.05) is 12.8 Å². The van der Waals surface area contributed by atoms with E-state index in [-0.39, 0.29) is 23.6 Å². The molecule has 0 aromatic carbocycles. The van der Waals surface area contributed by atoms with Gasteiger partial charge >= 0.3 is 6.09 Å². The summed E-state index contributed by atoms with van der Waals surface area (Å²) in [6.07, 6.45) is 8.61. The van der Waals surface area contributed by atoms with Crippen LogP contribution in [0.25, 0.3) is 11.0 Å². The zero-order valence-electron chi connectivity index (χ0n) is 23.9. The summed E-state index contributed by atoms with van der Waals surface area (Å²) in [7, 11) is 3.55. The van der Waals surface area contributed by atoms with E-state index in [9.17, 15) is 9.59 Å². The number of carbonyl (C=O) groups is 2. The molecule has 3 aliphatic rings. The first-order valence-corrected chi connectivity index (χ1v) is 14.1. The van der Waals surface area contributed by atoms with Gasteiger partial charge in [-0.25, -0.2) is 14.8 Å². The number of alkyl carbamates (subject to hydrolysis) is 1. The van der Waals surface area contributed by atoms with Crippen LogP contribution >= 0.6 is 0 Å². The highest BCUT2D eigenvalue weighted by atomic mass is 16.6. The number of piperidine rings is 1. The largest absolute Gasteiger partial charge is 0.444 e. The third-order valence-corrected chi connectivity index (χ3v) is 8.14. The van der Waals surface area contributed by atoms with Crippen molar-refractivity contribution in [2.45, 2.75) is 70.1 Å². The van der Waals surface area contributed by atoms with Gasteiger partial charge in [0.25, 0.3) is 5.91 Å². The molecule has 0 spiro atoms. The van der Waals surface area contributed by atoms with Gasteiger partial charge in [0.2, 0.25) is 5.95 Å². The fourth-order valence-corrected chi connectivity index (χ4v) is 6.14. The van der Waals surface area contributed by atoms with Crippen molar-refractivity contribution in [3.8, 4) is 0 Å². The molecule has 6 rings (SSSR count). The van der Waals surface area contributed by atoms with Crippen molar-refractivity contribution >= 4 is 40.5 Å². The van der Waals surface area contributed by atoms with Crippen LogP contribution in [0.5, 0.6) is 0 Å². The standard InChI is InChI=1S/C29H38N8O3/c1-28(2,3)40-27(39)34-29-13-19(29)16-36(17-29)21-10-11-23(30-15-21)32-26-31-14-18-12-22(25(38)35(4)5)37(24(18)33-26)20-8-6-7-9-20/h10-12,14-15,19-20H,6-9,13,16-17H2,1-5H3,(H,34,39)(H,30,31,32,33). The lowest BCUT2D eigenvalue weighted by atomic mass is 10.2. The van der Waals surface area contributed by atoms with Gasteiger partial charge in [0.15, 0.2) is 0 Å². The normalized spacial score (nSPS) is 22.3. The quantitative estimate of drug-likeness (QED) is 0.464. The van der Waals surface area contributed by atoms with E-state index in [0.29, 0.717) is 23.4 Å². The first kappa shape index (κ1) is 26.3.